The van der Waals surface area contributed by atoms with Gasteiger partial charge >= 0.3 is 6.47 Å². The molecular formula is C11H24N2O4+2. The molecule has 17 heavy (non-hydrogen) atoms. The van der Waals surface area contributed by atoms with Gasteiger partial charge in [0.25, 0.3) is 0 Å². The minimum absolute atomic E-state index is 0.167. The van der Waals surface area contributed by atoms with Crippen LogP contribution in [-0.4, -0.2) is 67.7 Å². The molecule has 0 aromatic rings. The van der Waals surface area contributed by atoms with Crippen LogP contribution in [0.1, 0.15) is 20.8 Å². The predicted octanol–water partition coefficient (Wildman–Crippen LogP) is 0.261. The lowest BCUT2D eigenvalue weighted by Gasteiger charge is -1.93. The highest BCUT2D eigenvalue weighted by Gasteiger charge is 1.68. The molecule has 0 saturated carbocycles. The third-order valence-electron chi connectivity index (χ3n) is 0.727. The van der Waals surface area contributed by atoms with Gasteiger partial charge in [-0.15, -0.1) is 0 Å². The highest BCUT2D eigenvalue weighted by molar-refractivity contribution is 5.72. The average molecular weight is 248 g/mol. The van der Waals surface area contributed by atoms with E-state index in [2.05, 4.69) is 0 Å². The average Bonchev–Trinajstić information content (AvgIpc) is 2.19. The summed E-state index contributed by atoms with van der Waals surface area (Å²) in [5, 5.41) is 6.76. The van der Waals surface area contributed by atoms with Crippen LogP contribution in [0.5, 0.6) is 0 Å². The van der Waals surface area contributed by atoms with E-state index in [0.29, 0.717) is 6.47 Å². The molecule has 0 aliphatic heterocycles. The third-order valence-corrected chi connectivity index (χ3v) is 0.727. The largest absolute Gasteiger partial charge is 0.794 e. The van der Waals surface area contributed by atoms with Gasteiger partial charge in [-0.25, -0.2) is 9.68 Å². The van der Waals surface area contributed by atoms with E-state index in [1.54, 1.807) is 14.1 Å². The predicted molar refractivity (Wildman–Crippen MR) is 68.3 cm³/mol. The molecule has 0 fully saturated rings. The first-order chi connectivity index (χ1) is 7.69. The molecule has 0 rings (SSSR count). The van der Waals surface area contributed by atoms with Gasteiger partial charge in [0, 0.05) is 21.0 Å². The second-order valence-electron chi connectivity index (χ2n) is 3.29. The number of Topliss-reactive ketones (excluding diaryl/α,β-unsaturated/α-hetero) is 1. The molecule has 0 aromatic carbocycles. The van der Waals surface area contributed by atoms with Gasteiger partial charge in [0.2, 0.25) is 6.41 Å². The molecule has 6 nitrogen and oxygen atoms in total. The molecule has 0 radical (unpaired) electrons. The van der Waals surface area contributed by atoms with E-state index in [9.17, 15) is 9.59 Å². The zero-order chi connectivity index (χ0) is 14.9. The molecular weight excluding hydrogens is 224 g/mol. The zero-order valence-corrected chi connectivity index (χ0v) is 11.7. The molecule has 0 aliphatic carbocycles. The number of rotatable bonds is 1. The summed E-state index contributed by atoms with van der Waals surface area (Å²) in [6.07, 6.45) is 2.75. The van der Waals surface area contributed by atoms with Gasteiger partial charge < -0.3 is 9.69 Å². The van der Waals surface area contributed by atoms with E-state index in [0.717, 1.165) is 6.41 Å². The van der Waals surface area contributed by atoms with Crippen molar-refractivity contribution < 1.29 is 24.1 Å². The van der Waals surface area contributed by atoms with Crippen molar-refractivity contribution in [3.8, 4) is 0 Å². The number of carbonyl (C=O) groups is 2. The summed E-state index contributed by atoms with van der Waals surface area (Å²) < 4.78 is 2.00. The minimum atomic E-state index is 0.167. The van der Waals surface area contributed by atoms with Crippen molar-refractivity contribution in [2.24, 2.45) is 0 Å². The Morgan fingerprint density at radius 1 is 1.29 bits per heavy atom. The van der Waals surface area contributed by atoms with Crippen LogP contribution < -0.4 is 0 Å². The van der Waals surface area contributed by atoms with Crippen molar-refractivity contribution in [1.82, 2.24) is 4.90 Å². The highest BCUT2D eigenvalue weighted by atomic mass is 16.3. The van der Waals surface area contributed by atoms with Gasteiger partial charge in [-0.3, -0.25) is 4.79 Å². The molecule has 0 bridgehead atoms. The summed E-state index contributed by atoms with van der Waals surface area (Å²) >= 11 is 0. The number of nitrogens with zero attached hydrogens (tertiary/aromatic N) is 2. The highest BCUT2D eigenvalue weighted by Crippen LogP contribution is 1.52. The fraction of sp³-hybridized carbons (Fsp3) is 0.636. The van der Waals surface area contributed by atoms with Crippen molar-refractivity contribution in [2.45, 2.75) is 20.8 Å². The third kappa shape index (κ3) is 440. The van der Waals surface area contributed by atoms with E-state index in [1.165, 1.54) is 18.7 Å². The first kappa shape index (κ1) is 24.4. The van der Waals surface area contributed by atoms with Crippen molar-refractivity contribution in [2.75, 3.05) is 28.2 Å². The van der Waals surface area contributed by atoms with Crippen LogP contribution in [0, 0.1) is 0 Å². The Kier molecular flexibility index (Phi) is 34.2. The molecule has 0 saturated heterocycles. The number of amides is 1. The summed E-state index contributed by atoms with van der Waals surface area (Å²) in [6.45, 7) is 5.56. The van der Waals surface area contributed by atoms with Gasteiger partial charge in [-0.2, -0.15) is 0 Å². The molecule has 100 valence electrons. The van der Waals surface area contributed by atoms with Crippen LogP contribution in [0.15, 0.2) is 0 Å². The van der Waals surface area contributed by atoms with Crippen LogP contribution in [0.25, 0.3) is 0 Å². The lowest BCUT2D eigenvalue weighted by molar-refractivity contribution is -0.459. The molecule has 1 amide bonds. The van der Waals surface area contributed by atoms with Crippen molar-refractivity contribution in [3.63, 3.8) is 0 Å². The summed E-state index contributed by atoms with van der Waals surface area (Å²) in [5.41, 5.74) is 0. The van der Waals surface area contributed by atoms with Crippen LogP contribution in [-0.2, 0) is 14.4 Å². The van der Waals surface area contributed by atoms with Crippen LogP contribution in [0.3, 0.4) is 0 Å². The van der Waals surface area contributed by atoms with Crippen LogP contribution in [0.2, 0.25) is 0 Å². The summed E-state index contributed by atoms with van der Waals surface area (Å²) in [4.78, 5) is 28.6. The Morgan fingerprint density at radius 2 is 1.41 bits per heavy atom. The summed E-state index contributed by atoms with van der Waals surface area (Å²) in [5.74, 6) is 0.167. The van der Waals surface area contributed by atoms with E-state index in [-0.39, 0.29) is 5.78 Å². The maximum Gasteiger partial charge on any atom is 0.794 e. The van der Waals surface area contributed by atoms with Crippen molar-refractivity contribution in [3.05, 3.63) is 0 Å². The molecule has 0 aromatic heterocycles. The van der Waals surface area contributed by atoms with Crippen molar-refractivity contribution in [1.29, 1.82) is 0 Å². The SMILES string of the molecule is CC(C)=O.CC=[N+](C)C.CN(C)C=O.O=[C+]O. The summed E-state index contributed by atoms with van der Waals surface area (Å²) in [7, 11) is 7.38. The molecule has 1 N–H and O–H groups in total. The Bertz CT molecular complexity index is 206. The molecule has 0 atom stereocenters. The zero-order valence-electron chi connectivity index (χ0n) is 11.7. The van der Waals surface area contributed by atoms with Crippen LogP contribution >= 0.6 is 0 Å². The number of hydrogen-bond donors (Lipinski definition) is 1. The minimum Gasteiger partial charge on any atom is -0.351 e. The number of carbonyl (C=O) groups excluding carboxylic acids is 2. The number of ketones is 1. The van der Waals surface area contributed by atoms with Gasteiger partial charge in [-0.05, 0) is 13.8 Å². The van der Waals surface area contributed by atoms with Crippen molar-refractivity contribution >= 4 is 24.9 Å². The maximum atomic E-state index is 9.44. The first-order valence-electron chi connectivity index (χ1n) is 4.75. The Balaban J connectivity index is -0.0000000676. The van der Waals surface area contributed by atoms with Gasteiger partial charge in [0.15, 0.2) is 0 Å². The number of aliphatic hydroxyl groups excluding tert-OH is 1. The van der Waals surface area contributed by atoms with E-state index < -0.39 is 0 Å². The molecule has 0 unspecified atom stereocenters. The van der Waals surface area contributed by atoms with Gasteiger partial charge in [-0.1, -0.05) is 0 Å². The molecule has 6 heteroatoms. The fourth-order valence-electron chi connectivity index (χ4n) is 0. The Labute approximate surface area is 104 Å². The molecule has 0 heterocycles. The smallest absolute Gasteiger partial charge is 0.351 e. The first-order valence-corrected chi connectivity index (χ1v) is 4.75. The molecule has 0 aliphatic rings. The van der Waals surface area contributed by atoms with Gasteiger partial charge in [0.1, 0.15) is 26.1 Å². The second-order valence-corrected chi connectivity index (χ2v) is 3.29. The fourth-order valence-corrected chi connectivity index (χ4v) is 0. The molecule has 0 spiro atoms. The summed E-state index contributed by atoms with van der Waals surface area (Å²) in [6, 6.07) is 0. The Morgan fingerprint density at radius 3 is 1.41 bits per heavy atom. The Hall–Kier alpha value is -1.81. The monoisotopic (exact) mass is 248 g/mol. The van der Waals surface area contributed by atoms with Gasteiger partial charge in [0.05, 0.1) is 4.79 Å². The standard InChI is InChI=1S/C4H10N.C3H7NO.C3H6O.CHO2/c1-4-5(2)3;1-4(2)3-5;1-3(2)4;2-1-3/h4H,1-3H3;3H,1-2H3;1-2H3;(H,2,3)/q+1;;;+1. The van der Waals surface area contributed by atoms with E-state index in [1.807, 2.05) is 31.8 Å². The normalized spacial score (nSPS) is 6.06. The quantitative estimate of drug-likeness (QED) is 0.312. The lowest BCUT2D eigenvalue weighted by Crippen LogP contribution is -2.06. The van der Waals surface area contributed by atoms with Crippen LogP contribution in [0.4, 0.5) is 0 Å². The van der Waals surface area contributed by atoms with E-state index in [4.69, 9.17) is 9.90 Å². The second kappa shape index (κ2) is 23.8. The lowest BCUT2D eigenvalue weighted by atomic mass is 10.6. The topological polar surface area (TPSA) is 77.7 Å². The van der Waals surface area contributed by atoms with E-state index >= 15 is 0 Å². The maximum absolute atomic E-state index is 9.44. The number of hydrogen-bond acceptors (Lipinski definition) is 3.